The lowest BCUT2D eigenvalue weighted by atomic mass is 10.1. The van der Waals surface area contributed by atoms with Crippen LogP contribution < -0.4 is 0 Å². The van der Waals surface area contributed by atoms with Gasteiger partial charge in [0.05, 0.1) is 5.92 Å². The van der Waals surface area contributed by atoms with Crippen molar-refractivity contribution in [3.05, 3.63) is 0 Å². The summed E-state index contributed by atoms with van der Waals surface area (Å²) in [6.07, 6.45) is -5.97. The maximum Gasteiger partial charge on any atom is 0.391 e. The van der Waals surface area contributed by atoms with E-state index in [1.54, 1.807) is 6.92 Å². The van der Waals surface area contributed by atoms with Crippen LogP contribution in [0.4, 0.5) is 13.2 Å². The smallest absolute Gasteiger partial charge is 0.368 e. The quantitative estimate of drug-likeness (QED) is 0.680. The lowest BCUT2D eigenvalue weighted by molar-refractivity contribution is -0.196. The first-order chi connectivity index (χ1) is 5.38. The number of hydrogen-bond donors (Lipinski definition) is 1. The molecule has 2 atom stereocenters. The van der Waals surface area contributed by atoms with Gasteiger partial charge in [-0.3, -0.25) is 0 Å². The minimum atomic E-state index is -4.25. The fraction of sp³-hybridized carbons (Fsp3) is 1.00. The molecule has 74 valence electrons. The Morgan fingerprint density at radius 3 is 2.25 bits per heavy atom. The van der Waals surface area contributed by atoms with Crippen LogP contribution in [0.3, 0.4) is 0 Å². The summed E-state index contributed by atoms with van der Waals surface area (Å²) in [5.41, 5.74) is 0. The topological polar surface area (TPSA) is 29.5 Å². The summed E-state index contributed by atoms with van der Waals surface area (Å²) < 4.78 is 40.2. The van der Waals surface area contributed by atoms with Crippen LogP contribution in [0.1, 0.15) is 20.3 Å². The molecule has 2 unspecified atom stereocenters. The Labute approximate surface area is 69.3 Å². The second kappa shape index (κ2) is 4.67. The van der Waals surface area contributed by atoms with Crippen LogP contribution in [0.2, 0.25) is 0 Å². The fourth-order valence-corrected chi connectivity index (χ4v) is 0.697. The van der Waals surface area contributed by atoms with E-state index in [0.29, 0.717) is 0 Å². The van der Waals surface area contributed by atoms with Crippen molar-refractivity contribution in [2.45, 2.75) is 32.7 Å². The van der Waals surface area contributed by atoms with Crippen molar-refractivity contribution in [2.75, 3.05) is 6.61 Å². The molecule has 0 heterocycles. The summed E-state index contributed by atoms with van der Waals surface area (Å²) in [7, 11) is 0. The molecule has 0 spiro atoms. The van der Waals surface area contributed by atoms with Gasteiger partial charge in [0.25, 0.3) is 0 Å². The van der Waals surface area contributed by atoms with E-state index >= 15 is 0 Å². The van der Waals surface area contributed by atoms with Crippen LogP contribution in [0.5, 0.6) is 0 Å². The van der Waals surface area contributed by atoms with Crippen LogP contribution in [0.15, 0.2) is 0 Å². The van der Waals surface area contributed by atoms with Crippen molar-refractivity contribution < 1.29 is 23.0 Å². The van der Waals surface area contributed by atoms with E-state index in [4.69, 9.17) is 5.11 Å². The normalized spacial score (nSPS) is 17.5. The molecule has 1 N–H and O–H groups in total. The van der Waals surface area contributed by atoms with E-state index in [1.807, 2.05) is 0 Å². The molecule has 0 amide bonds. The van der Waals surface area contributed by atoms with Crippen LogP contribution in [-0.4, -0.2) is 24.2 Å². The summed E-state index contributed by atoms with van der Waals surface area (Å²) in [5.74, 6) is -1.53. The zero-order valence-electron chi connectivity index (χ0n) is 7.06. The van der Waals surface area contributed by atoms with E-state index in [0.717, 1.165) is 6.92 Å². The summed E-state index contributed by atoms with van der Waals surface area (Å²) in [6, 6.07) is 0. The van der Waals surface area contributed by atoms with E-state index in [9.17, 15) is 13.2 Å². The molecular formula is C7H13F3O2. The Balaban J connectivity index is 3.76. The molecule has 0 fully saturated rings. The lowest BCUT2D eigenvalue weighted by Crippen LogP contribution is -2.26. The van der Waals surface area contributed by atoms with E-state index in [2.05, 4.69) is 4.74 Å². The van der Waals surface area contributed by atoms with E-state index in [-0.39, 0.29) is 6.61 Å². The second-order valence-corrected chi connectivity index (χ2v) is 2.59. The third kappa shape index (κ3) is 4.56. The van der Waals surface area contributed by atoms with E-state index < -0.39 is 24.8 Å². The van der Waals surface area contributed by atoms with Crippen LogP contribution in [0.25, 0.3) is 0 Å². The van der Waals surface area contributed by atoms with Gasteiger partial charge in [0, 0.05) is 13.0 Å². The average Bonchev–Trinajstić information content (AvgIpc) is 1.85. The van der Waals surface area contributed by atoms with Gasteiger partial charge in [0.1, 0.15) is 0 Å². The predicted molar refractivity (Wildman–Crippen MR) is 37.5 cm³/mol. The zero-order chi connectivity index (χ0) is 9.78. The van der Waals surface area contributed by atoms with Crippen LogP contribution in [-0.2, 0) is 4.74 Å². The Kier molecular flexibility index (Phi) is 4.55. The Bertz CT molecular complexity index is 124. The highest BCUT2D eigenvalue weighted by Gasteiger charge is 2.37. The van der Waals surface area contributed by atoms with E-state index in [1.165, 1.54) is 0 Å². The fourth-order valence-electron chi connectivity index (χ4n) is 0.697. The first kappa shape index (κ1) is 11.7. The van der Waals surface area contributed by atoms with Crippen LogP contribution in [0, 0.1) is 5.92 Å². The van der Waals surface area contributed by atoms with Crippen molar-refractivity contribution in [1.82, 2.24) is 0 Å². The zero-order valence-corrected chi connectivity index (χ0v) is 7.06. The molecule has 0 saturated carbocycles. The summed E-state index contributed by atoms with van der Waals surface area (Å²) in [5, 5.41) is 8.86. The molecule has 0 aromatic carbocycles. The van der Waals surface area contributed by atoms with Crippen molar-refractivity contribution in [3.8, 4) is 0 Å². The highest BCUT2D eigenvalue weighted by atomic mass is 19.4. The molecule has 12 heavy (non-hydrogen) atoms. The average molecular weight is 186 g/mol. The number of aliphatic hydroxyl groups is 1. The van der Waals surface area contributed by atoms with Gasteiger partial charge in [0.2, 0.25) is 0 Å². The Morgan fingerprint density at radius 1 is 1.42 bits per heavy atom. The molecule has 0 aromatic rings. The number of alkyl halides is 3. The Hall–Kier alpha value is -0.290. The number of aliphatic hydroxyl groups excluding tert-OH is 1. The highest BCUT2D eigenvalue weighted by Crippen LogP contribution is 2.29. The second-order valence-electron chi connectivity index (χ2n) is 2.59. The molecule has 0 aromatic heterocycles. The van der Waals surface area contributed by atoms with Gasteiger partial charge in [-0.05, 0) is 6.92 Å². The van der Waals surface area contributed by atoms with Gasteiger partial charge in [-0.1, -0.05) is 6.92 Å². The minimum Gasteiger partial charge on any atom is -0.368 e. The monoisotopic (exact) mass is 186 g/mol. The molecule has 0 radical (unpaired) electrons. The first-order valence-electron chi connectivity index (χ1n) is 3.74. The molecule has 0 saturated heterocycles. The largest absolute Gasteiger partial charge is 0.391 e. The third-order valence-corrected chi connectivity index (χ3v) is 1.47. The minimum absolute atomic E-state index is 0.214. The number of halogens is 3. The van der Waals surface area contributed by atoms with Crippen molar-refractivity contribution >= 4 is 0 Å². The summed E-state index contributed by atoms with van der Waals surface area (Å²) in [6.45, 7) is 2.84. The van der Waals surface area contributed by atoms with Gasteiger partial charge in [-0.2, -0.15) is 13.2 Å². The summed E-state index contributed by atoms with van der Waals surface area (Å²) in [4.78, 5) is 0. The van der Waals surface area contributed by atoms with Crippen molar-refractivity contribution in [3.63, 3.8) is 0 Å². The Morgan fingerprint density at radius 2 is 1.92 bits per heavy atom. The molecule has 0 bridgehead atoms. The molecular weight excluding hydrogens is 173 g/mol. The maximum atomic E-state index is 11.9. The molecule has 0 aliphatic carbocycles. The molecule has 5 heteroatoms. The third-order valence-electron chi connectivity index (χ3n) is 1.47. The van der Waals surface area contributed by atoms with Crippen molar-refractivity contribution in [2.24, 2.45) is 5.92 Å². The number of hydrogen-bond acceptors (Lipinski definition) is 2. The molecule has 0 aliphatic rings. The molecule has 0 aliphatic heterocycles. The number of rotatable bonds is 4. The SMILES string of the molecule is CCOC(O)CC(C)C(F)(F)F. The van der Waals surface area contributed by atoms with Crippen molar-refractivity contribution in [1.29, 1.82) is 0 Å². The van der Waals surface area contributed by atoms with Gasteiger partial charge >= 0.3 is 6.18 Å². The lowest BCUT2D eigenvalue weighted by Gasteiger charge is -2.18. The first-order valence-corrected chi connectivity index (χ1v) is 3.74. The highest BCUT2D eigenvalue weighted by molar-refractivity contribution is 4.63. The van der Waals surface area contributed by atoms with Gasteiger partial charge < -0.3 is 9.84 Å². The standard InChI is InChI=1S/C7H13F3O2/c1-3-12-6(11)4-5(2)7(8,9)10/h5-6,11H,3-4H2,1-2H3. The maximum absolute atomic E-state index is 11.9. The van der Waals surface area contributed by atoms with Crippen LogP contribution >= 0.6 is 0 Å². The van der Waals surface area contributed by atoms with Gasteiger partial charge in [-0.25, -0.2) is 0 Å². The molecule has 2 nitrogen and oxygen atoms in total. The summed E-state index contributed by atoms with van der Waals surface area (Å²) >= 11 is 0. The molecule has 0 rings (SSSR count). The van der Waals surface area contributed by atoms with Gasteiger partial charge in [-0.15, -0.1) is 0 Å². The van der Waals surface area contributed by atoms with Gasteiger partial charge in [0.15, 0.2) is 6.29 Å². The predicted octanol–water partition coefficient (Wildman–Crippen LogP) is 1.93. The number of ether oxygens (including phenoxy) is 1.